The topological polar surface area (TPSA) is 67.9 Å². The van der Waals surface area contributed by atoms with E-state index in [4.69, 9.17) is 31.0 Å². The zero-order valence-corrected chi connectivity index (χ0v) is 19.0. The zero-order chi connectivity index (χ0) is 19.2. The van der Waals surface area contributed by atoms with Gasteiger partial charge in [-0.2, -0.15) is 0 Å². The molecule has 0 radical (unpaired) electrons. The summed E-state index contributed by atoms with van der Waals surface area (Å²) in [5, 5.41) is 0. The second-order valence-electron chi connectivity index (χ2n) is 7.06. The molecule has 0 aromatic heterocycles. The molecule has 3 aliphatic heterocycles. The molecule has 8 nitrogen and oxygen atoms in total. The summed E-state index contributed by atoms with van der Waals surface area (Å²) in [6.45, 7) is 6.71. The van der Waals surface area contributed by atoms with Crippen LogP contribution in [0.5, 0.6) is 0 Å². The van der Waals surface area contributed by atoms with Gasteiger partial charge < -0.3 is 31.0 Å². The average molecular weight is 410 g/mol. The fourth-order valence-corrected chi connectivity index (χ4v) is 7.68. The van der Waals surface area contributed by atoms with Crippen molar-refractivity contribution >= 4 is 17.9 Å². The van der Waals surface area contributed by atoms with Crippen LogP contribution in [0, 0.1) is 0 Å². The summed E-state index contributed by atoms with van der Waals surface area (Å²) < 4.78 is 40.6. The highest BCUT2D eigenvalue weighted by molar-refractivity contribution is 6.60. The molecule has 3 fully saturated rings. The van der Waals surface area contributed by atoms with E-state index in [0.29, 0.717) is 0 Å². The molecule has 0 saturated carbocycles. The summed E-state index contributed by atoms with van der Waals surface area (Å²) >= 11 is 0. The van der Waals surface area contributed by atoms with E-state index in [-0.39, 0.29) is 18.3 Å². The van der Waals surface area contributed by atoms with Gasteiger partial charge in [-0.05, 0) is 26.7 Å². The summed E-state index contributed by atoms with van der Waals surface area (Å²) in [7, 11) is 0.971. The Morgan fingerprint density at radius 3 is 1.96 bits per heavy atom. The predicted octanol–water partition coefficient (Wildman–Crippen LogP) is 1.64. The first kappa shape index (κ1) is 22.4. The minimum atomic E-state index is -3.10. The van der Waals surface area contributed by atoms with Gasteiger partial charge in [-0.3, -0.25) is 4.90 Å². The van der Waals surface area contributed by atoms with Crippen molar-refractivity contribution in [1.29, 1.82) is 0 Å². The zero-order valence-electron chi connectivity index (χ0n) is 17.0. The van der Waals surface area contributed by atoms with Gasteiger partial charge in [0.05, 0.1) is 18.3 Å². The molecule has 0 aliphatic carbocycles. The first-order chi connectivity index (χ1) is 12.4. The third-order valence-corrected chi connectivity index (χ3v) is 10.3. The van der Waals surface area contributed by atoms with E-state index < -0.39 is 17.9 Å². The Kier molecular flexibility index (Phi) is 8.66. The maximum Gasteiger partial charge on any atom is 0.680 e. The average Bonchev–Trinajstić information content (AvgIpc) is 2.59. The number of hydrogen-bond acceptors (Lipinski definition) is 8. The van der Waals surface area contributed by atoms with Crippen molar-refractivity contribution in [3.8, 4) is 0 Å². The smallest absolute Gasteiger partial charge is 0.377 e. The van der Waals surface area contributed by atoms with Gasteiger partial charge in [0.1, 0.15) is 0 Å². The van der Waals surface area contributed by atoms with Crippen molar-refractivity contribution in [1.82, 2.24) is 4.90 Å². The molecule has 0 aromatic rings. The van der Waals surface area contributed by atoms with E-state index in [1.165, 1.54) is 0 Å². The summed E-state index contributed by atoms with van der Waals surface area (Å²) in [5.41, 5.74) is 0. The Balaban J connectivity index is 1.93. The molecule has 0 aromatic carbocycles. The first-order valence-corrected chi connectivity index (χ1v) is 12.9. The molecule has 3 rings (SSSR count). The van der Waals surface area contributed by atoms with E-state index >= 15 is 0 Å². The van der Waals surface area contributed by atoms with E-state index in [9.17, 15) is 0 Å². The Morgan fingerprint density at radius 2 is 1.46 bits per heavy atom. The quantitative estimate of drug-likeness (QED) is 0.421. The van der Waals surface area contributed by atoms with Crippen molar-refractivity contribution in [2.45, 2.75) is 57.5 Å². The van der Waals surface area contributed by atoms with Crippen LogP contribution in [0.2, 0.25) is 6.04 Å². The number of nitrogens with zero attached hydrogens (tertiary/aromatic N) is 1. The van der Waals surface area contributed by atoms with Crippen LogP contribution in [0.1, 0.15) is 33.1 Å². The molecule has 154 valence electrons. The molecule has 3 saturated heterocycles. The largest absolute Gasteiger partial charge is 0.680 e. The van der Waals surface area contributed by atoms with Crippen molar-refractivity contribution in [2.75, 3.05) is 48.1 Å². The number of fused-ring (bicyclic) bond motifs is 6. The van der Waals surface area contributed by atoms with Gasteiger partial charge in [-0.25, -0.2) is 0 Å². The standard InChI is InChI=1S/C16H35NO7Si2/c1-14-11-17-12-15(2)23-26(21-6,22-14)24-16(13-17)9-7-8-10-25(18-3,19-4)20-5/h14-16H,7-13H2,1-6H3. The van der Waals surface area contributed by atoms with E-state index in [1.807, 2.05) is 13.8 Å². The number of unbranched alkanes of at least 4 members (excludes halogenated alkanes) is 1. The van der Waals surface area contributed by atoms with Crippen LogP contribution in [-0.2, 0) is 31.0 Å². The summed E-state index contributed by atoms with van der Waals surface area (Å²) in [4.78, 5) is 2.37. The van der Waals surface area contributed by atoms with E-state index in [1.54, 1.807) is 28.4 Å². The second-order valence-corrected chi connectivity index (χ2v) is 12.3. The lowest BCUT2D eigenvalue weighted by molar-refractivity contribution is -0.129. The molecule has 0 N–H and O–H groups in total. The van der Waals surface area contributed by atoms with Crippen LogP contribution >= 0.6 is 0 Å². The van der Waals surface area contributed by atoms with Gasteiger partial charge in [-0.15, -0.1) is 0 Å². The van der Waals surface area contributed by atoms with Crippen molar-refractivity contribution < 1.29 is 31.0 Å². The summed E-state index contributed by atoms with van der Waals surface area (Å²) in [6.07, 6.45) is 2.95. The molecule has 26 heavy (non-hydrogen) atoms. The summed E-state index contributed by atoms with van der Waals surface area (Å²) in [5.74, 6) is 0. The number of hydrogen-bond donors (Lipinski definition) is 0. The van der Waals surface area contributed by atoms with Crippen LogP contribution in [0.3, 0.4) is 0 Å². The number of rotatable bonds is 9. The fourth-order valence-electron chi connectivity index (χ4n) is 3.70. The first-order valence-electron chi connectivity index (χ1n) is 9.36. The predicted molar refractivity (Wildman–Crippen MR) is 101 cm³/mol. The van der Waals surface area contributed by atoms with Gasteiger partial charge in [-0.1, -0.05) is 6.42 Å². The van der Waals surface area contributed by atoms with Crippen LogP contribution in [-0.4, -0.2) is 89.1 Å². The second kappa shape index (κ2) is 10.1. The van der Waals surface area contributed by atoms with Gasteiger partial charge in [0.15, 0.2) is 0 Å². The highest BCUT2D eigenvalue weighted by Gasteiger charge is 2.52. The van der Waals surface area contributed by atoms with Gasteiger partial charge >= 0.3 is 17.9 Å². The Labute approximate surface area is 159 Å². The molecule has 3 heterocycles. The minimum absolute atomic E-state index is 0.0327. The van der Waals surface area contributed by atoms with Gasteiger partial charge in [0, 0.05) is 54.1 Å². The Bertz CT molecular complexity index is 405. The highest BCUT2D eigenvalue weighted by atomic mass is 28.4. The third-order valence-electron chi connectivity index (χ3n) is 4.94. The van der Waals surface area contributed by atoms with Gasteiger partial charge in [0.25, 0.3) is 0 Å². The highest BCUT2D eigenvalue weighted by Crippen LogP contribution is 2.27. The SMILES string of the molecule is CO[Si](CCCCC1CN2CC(C)O[Si](OC)(OC(C)C2)O1)(OC)OC. The lowest BCUT2D eigenvalue weighted by Gasteiger charge is -2.44. The minimum Gasteiger partial charge on any atom is -0.377 e. The maximum atomic E-state index is 6.30. The van der Waals surface area contributed by atoms with Crippen LogP contribution in [0.15, 0.2) is 0 Å². The summed E-state index contributed by atoms with van der Waals surface area (Å²) in [6, 6.07) is 0.793. The fraction of sp³-hybridized carbons (Fsp3) is 1.00. The molecule has 0 amide bonds. The van der Waals surface area contributed by atoms with Crippen LogP contribution < -0.4 is 0 Å². The molecule has 3 unspecified atom stereocenters. The van der Waals surface area contributed by atoms with E-state index in [0.717, 1.165) is 44.9 Å². The maximum absolute atomic E-state index is 6.30. The van der Waals surface area contributed by atoms with E-state index in [2.05, 4.69) is 4.90 Å². The van der Waals surface area contributed by atoms with Crippen molar-refractivity contribution in [3.63, 3.8) is 0 Å². The normalized spacial score (nSPS) is 35.8. The molecular formula is C16H35NO7Si2. The lowest BCUT2D eigenvalue weighted by atomic mass is 10.1. The third kappa shape index (κ3) is 5.80. The molecule has 0 spiro atoms. The molecule has 3 aliphatic rings. The Hall–Kier alpha value is 0.114. The van der Waals surface area contributed by atoms with Crippen molar-refractivity contribution in [3.05, 3.63) is 0 Å². The van der Waals surface area contributed by atoms with Gasteiger partial charge in [0.2, 0.25) is 0 Å². The van der Waals surface area contributed by atoms with Crippen LogP contribution in [0.25, 0.3) is 0 Å². The molecule has 10 heteroatoms. The molecule has 3 atom stereocenters. The van der Waals surface area contributed by atoms with Crippen molar-refractivity contribution in [2.24, 2.45) is 0 Å². The molecular weight excluding hydrogens is 374 g/mol. The monoisotopic (exact) mass is 409 g/mol. The molecule has 2 bridgehead atoms. The lowest BCUT2D eigenvalue weighted by Crippen LogP contribution is -2.62. The Morgan fingerprint density at radius 1 is 0.885 bits per heavy atom. The van der Waals surface area contributed by atoms with Crippen LogP contribution in [0.4, 0.5) is 0 Å².